The van der Waals surface area contributed by atoms with E-state index in [4.69, 9.17) is 4.74 Å². The fraction of sp³-hybridized carbons (Fsp3) is 0.222. The van der Waals surface area contributed by atoms with Gasteiger partial charge in [-0.05, 0) is 49.2 Å². The number of rotatable bonds is 6. The minimum Gasteiger partial charge on any atom is -0.497 e. The number of carbonyl (C=O) groups is 1. The van der Waals surface area contributed by atoms with E-state index in [1.807, 2.05) is 56.3 Å². The van der Waals surface area contributed by atoms with Gasteiger partial charge in [0.1, 0.15) is 5.75 Å². The lowest BCUT2D eigenvalue weighted by atomic mass is 10.1. The van der Waals surface area contributed by atoms with E-state index in [0.29, 0.717) is 0 Å². The molecule has 0 atom stereocenters. The van der Waals surface area contributed by atoms with Gasteiger partial charge in [-0.1, -0.05) is 23.8 Å². The number of amides is 1. The average molecular weight is 311 g/mol. The summed E-state index contributed by atoms with van der Waals surface area (Å²) in [5.74, 6) is 0.570. The second-order valence-electron chi connectivity index (χ2n) is 5.24. The summed E-state index contributed by atoms with van der Waals surface area (Å²) in [6.07, 6.45) is 1.66. The van der Waals surface area contributed by atoms with Crippen molar-refractivity contribution in [1.82, 2.24) is 5.43 Å². The molecule has 0 spiro atoms. The highest BCUT2D eigenvalue weighted by Gasteiger charge is 2.00. The van der Waals surface area contributed by atoms with Crippen LogP contribution in [0.2, 0.25) is 0 Å². The summed E-state index contributed by atoms with van der Waals surface area (Å²) in [7, 11) is 1.61. The highest BCUT2D eigenvalue weighted by atomic mass is 16.5. The SMILES string of the molecule is COc1ccc(NCC(=O)N/N=C/c2cc(C)ccc2C)cc1. The Morgan fingerprint density at radius 2 is 1.91 bits per heavy atom. The number of methoxy groups -OCH3 is 1. The maximum absolute atomic E-state index is 11.8. The molecule has 120 valence electrons. The average Bonchev–Trinajstić information content (AvgIpc) is 2.56. The van der Waals surface area contributed by atoms with Crippen LogP contribution in [0.25, 0.3) is 0 Å². The quantitative estimate of drug-likeness (QED) is 0.637. The number of hydrogen-bond acceptors (Lipinski definition) is 4. The van der Waals surface area contributed by atoms with Crippen molar-refractivity contribution in [2.45, 2.75) is 13.8 Å². The topological polar surface area (TPSA) is 62.7 Å². The summed E-state index contributed by atoms with van der Waals surface area (Å²) in [6, 6.07) is 13.5. The summed E-state index contributed by atoms with van der Waals surface area (Å²) in [4.78, 5) is 11.8. The van der Waals surface area contributed by atoms with Gasteiger partial charge in [0, 0.05) is 5.69 Å². The molecule has 5 nitrogen and oxygen atoms in total. The van der Waals surface area contributed by atoms with Crippen LogP contribution >= 0.6 is 0 Å². The van der Waals surface area contributed by atoms with Gasteiger partial charge < -0.3 is 10.1 Å². The van der Waals surface area contributed by atoms with E-state index in [1.165, 1.54) is 0 Å². The number of aryl methyl sites for hydroxylation is 2. The molecule has 0 saturated heterocycles. The van der Waals surface area contributed by atoms with Crippen LogP contribution in [0.3, 0.4) is 0 Å². The number of benzene rings is 2. The molecule has 0 unspecified atom stereocenters. The maximum Gasteiger partial charge on any atom is 0.259 e. The second kappa shape index (κ2) is 7.98. The van der Waals surface area contributed by atoms with E-state index in [9.17, 15) is 4.79 Å². The normalized spacial score (nSPS) is 10.6. The molecule has 0 bridgehead atoms. The smallest absolute Gasteiger partial charge is 0.259 e. The molecule has 2 rings (SSSR count). The summed E-state index contributed by atoms with van der Waals surface area (Å²) < 4.78 is 5.08. The van der Waals surface area contributed by atoms with Crippen molar-refractivity contribution in [3.8, 4) is 5.75 Å². The van der Waals surface area contributed by atoms with Crippen molar-refractivity contribution in [3.05, 3.63) is 59.2 Å². The van der Waals surface area contributed by atoms with Gasteiger partial charge in [0.25, 0.3) is 5.91 Å². The lowest BCUT2D eigenvalue weighted by Crippen LogP contribution is -2.25. The Bertz CT molecular complexity index is 694. The van der Waals surface area contributed by atoms with Crippen LogP contribution in [-0.2, 0) is 4.79 Å². The number of anilines is 1. The Labute approximate surface area is 136 Å². The first-order valence-corrected chi connectivity index (χ1v) is 7.35. The van der Waals surface area contributed by atoms with E-state index >= 15 is 0 Å². The van der Waals surface area contributed by atoms with Crippen molar-refractivity contribution >= 4 is 17.8 Å². The van der Waals surface area contributed by atoms with Gasteiger partial charge in [-0.15, -0.1) is 0 Å². The summed E-state index contributed by atoms with van der Waals surface area (Å²) in [6.45, 7) is 4.18. The molecular formula is C18H21N3O2. The lowest BCUT2D eigenvalue weighted by molar-refractivity contribution is -0.119. The van der Waals surface area contributed by atoms with Crippen molar-refractivity contribution in [1.29, 1.82) is 0 Å². The first-order valence-electron chi connectivity index (χ1n) is 7.35. The van der Waals surface area contributed by atoms with Crippen LogP contribution < -0.4 is 15.5 Å². The summed E-state index contributed by atoms with van der Waals surface area (Å²) in [5.41, 5.74) is 6.63. The molecule has 0 aliphatic rings. The number of nitrogens with one attached hydrogen (secondary N) is 2. The molecule has 0 radical (unpaired) electrons. The zero-order valence-electron chi connectivity index (χ0n) is 13.6. The fourth-order valence-corrected chi connectivity index (χ4v) is 2.00. The Morgan fingerprint density at radius 1 is 1.17 bits per heavy atom. The third kappa shape index (κ3) is 5.14. The van der Waals surface area contributed by atoms with Gasteiger partial charge in [-0.25, -0.2) is 5.43 Å². The number of ether oxygens (including phenoxy) is 1. The van der Waals surface area contributed by atoms with E-state index in [0.717, 1.165) is 28.1 Å². The third-order valence-corrected chi connectivity index (χ3v) is 3.37. The Morgan fingerprint density at radius 3 is 2.61 bits per heavy atom. The van der Waals surface area contributed by atoms with Crippen LogP contribution in [0, 0.1) is 13.8 Å². The van der Waals surface area contributed by atoms with Gasteiger partial charge in [0.05, 0.1) is 19.9 Å². The molecule has 0 saturated carbocycles. The molecule has 0 aromatic heterocycles. The van der Waals surface area contributed by atoms with Crippen molar-refractivity contribution < 1.29 is 9.53 Å². The highest BCUT2D eigenvalue weighted by molar-refractivity contribution is 5.85. The molecule has 2 aromatic carbocycles. The largest absolute Gasteiger partial charge is 0.497 e. The monoisotopic (exact) mass is 311 g/mol. The molecule has 1 amide bonds. The first-order chi connectivity index (χ1) is 11.1. The Hall–Kier alpha value is -2.82. The van der Waals surface area contributed by atoms with Gasteiger partial charge >= 0.3 is 0 Å². The molecule has 0 aliphatic carbocycles. The molecule has 0 aliphatic heterocycles. The third-order valence-electron chi connectivity index (χ3n) is 3.37. The van der Waals surface area contributed by atoms with Crippen molar-refractivity contribution in [2.24, 2.45) is 5.10 Å². The minimum atomic E-state index is -0.206. The second-order valence-corrected chi connectivity index (χ2v) is 5.24. The molecule has 2 N–H and O–H groups in total. The van der Waals surface area contributed by atoms with Crippen LogP contribution in [0.5, 0.6) is 5.75 Å². The van der Waals surface area contributed by atoms with Gasteiger partial charge in [0.15, 0.2) is 0 Å². The molecular weight excluding hydrogens is 290 g/mol. The van der Waals surface area contributed by atoms with E-state index in [-0.39, 0.29) is 12.5 Å². The highest BCUT2D eigenvalue weighted by Crippen LogP contribution is 2.14. The number of hydrazone groups is 1. The van der Waals surface area contributed by atoms with E-state index < -0.39 is 0 Å². The summed E-state index contributed by atoms with van der Waals surface area (Å²) >= 11 is 0. The Kier molecular flexibility index (Phi) is 5.74. The lowest BCUT2D eigenvalue weighted by Gasteiger charge is -2.06. The van der Waals surface area contributed by atoms with Crippen LogP contribution in [0.1, 0.15) is 16.7 Å². The van der Waals surface area contributed by atoms with Gasteiger partial charge in [0.2, 0.25) is 0 Å². The number of hydrogen-bond donors (Lipinski definition) is 2. The molecule has 0 fully saturated rings. The summed E-state index contributed by atoms with van der Waals surface area (Å²) in [5, 5.41) is 7.02. The van der Waals surface area contributed by atoms with E-state index in [1.54, 1.807) is 13.3 Å². The molecule has 0 heterocycles. The van der Waals surface area contributed by atoms with Crippen molar-refractivity contribution in [3.63, 3.8) is 0 Å². The standard InChI is InChI=1S/C18H21N3O2/c1-13-4-5-14(2)15(10-13)11-20-21-18(22)12-19-16-6-8-17(23-3)9-7-16/h4-11,19H,12H2,1-3H3,(H,21,22)/b20-11+. The number of nitrogens with zero attached hydrogens (tertiary/aromatic N) is 1. The van der Waals surface area contributed by atoms with Crippen LogP contribution in [-0.4, -0.2) is 25.8 Å². The van der Waals surface area contributed by atoms with Crippen LogP contribution in [0.4, 0.5) is 5.69 Å². The predicted octanol–water partition coefficient (Wildman–Crippen LogP) is 2.87. The zero-order chi connectivity index (χ0) is 16.7. The predicted molar refractivity (Wildman–Crippen MR) is 93.1 cm³/mol. The van der Waals surface area contributed by atoms with E-state index in [2.05, 4.69) is 15.8 Å². The Balaban J connectivity index is 1.82. The van der Waals surface area contributed by atoms with Gasteiger partial charge in [-0.2, -0.15) is 5.10 Å². The maximum atomic E-state index is 11.8. The van der Waals surface area contributed by atoms with Crippen molar-refractivity contribution in [2.75, 3.05) is 19.0 Å². The van der Waals surface area contributed by atoms with Crippen LogP contribution in [0.15, 0.2) is 47.6 Å². The number of carbonyl (C=O) groups excluding carboxylic acids is 1. The van der Waals surface area contributed by atoms with Gasteiger partial charge in [-0.3, -0.25) is 4.79 Å². The molecule has 5 heteroatoms. The fourth-order valence-electron chi connectivity index (χ4n) is 2.00. The zero-order valence-corrected chi connectivity index (χ0v) is 13.6. The molecule has 2 aromatic rings. The molecule has 23 heavy (non-hydrogen) atoms. The first kappa shape index (κ1) is 16.5. The minimum absolute atomic E-state index is 0.149.